The highest BCUT2D eigenvalue weighted by atomic mass is 32.1. The van der Waals surface area contributed by atoms with Gasteiger partial charge >= 0.3 is 0 Å². The maximum absolute atomic E-state index is 4.62. The summed E-state index contributed by atoms with van der Waals surface area (Å²) in [6.45, 7) is 0.685. The Balaban J connectivity index is 1.53. The van der Waals surface area contributed by atoms with Gasteiger partial charge in [0.15, 0.2) is 0 Å². The molecule has 108 valence electrons. The van der Waals surface area contributed by atoms with Gasteiger partial charge in [0.1, 0.15) is 5.65 Å². The van der Waals surface area contributed by atoms with Gasteiger partial charge in [-0.1, -0.05) is 22.7 Å². The van der Waals surface area contributed by atoms with Crippen molar-refractivity contribution in [2.24, 2.45) is 0 Å². The van der Waals surface area contributed by atoms with Crippen LogP contribution in [-0.4, -0.2) is 19.0 Å². The van der Waals surface area contributed by atoms with Gasteiger partial charge < -0.3 is 9.72 Å². The number of pyridine rings is 1. The molecule has 1 N–H and O–H groups in total. The summed E-state index contributed by atoms with van der Waals surface area (Å²) in [5.41, 5.74) is 5.04. The number of anilines is 1. The first-order valence-electron chi connectivity index (χ1n) is 6.92. The number of hydrogen-bond acceptors (Lipinski definition) is 5. The summed E-state index contributed by atoms with van der Waals surface area (Å²) in [7, 11) is 0. The first-order chi connectivity index (χ1) is 10.9. The Morgan fingerprint density at radius 3 is 2.77 bits per heavy atom. The minimum atomic E-state index is 0.685. The Morgan fingerprint density at radius 2 is 2.00 bits per heavy atom. The number of benzene rings is 1. The van der Waals surface area contributed by atoms with E-state index < -0.39 is 0 Å². The van der Waals surface area contributed by atoms with E-state index in [2.05, 4.69) is 44.2 Å². The van der Waals surface area contributed by atoms with Gasteiger partial charge in [0, 0.05) is 29.0 Å². The van der Waals surface area contributed by atoms with E-state index in [9.17, 15) is 0 Å². The zero-order valence-electron chi connectivity index (χ0n) is 11.7. The molecule has 0 spiro atoms. The van der Waals surface area contributed by atoms with E-state index in [1.807, 2.05) is 40.4 Å². The lowest BCUT2D eigenvalue weighted by Crippen LogP contribution is -1.99. The third kappa shape index (κ3) is 2.56. The van der Waals surface area contributed by atoms with E-state index in [0.717, 1.165) is 28.3 Å². The van der Waals surface area contributed by atoms with Crippen LogP contribution in [0.3, 0.4) is 0 Å². The van der Waals surface area contributed by atoms with Crippen LogP contribution in [0, 0.1) is 0 Å². The smallest absolute Gasteiger partial charge is 0.137 e. The van der Waals surface area contributed by atoms with Crippen molar-refractivity contribution >= 4 is 22.9 Å². The van der Waals surface area contributed by atoms with Gasteiger partial charge in [-0.15, -0.1) is 5.10 Å². The van der Waals surface area contributed by atoms with Crippen LogP contribution in [0.5, 0.6) is 0 Å². The molecule has 0 amide bonds. The van der Waals surface area contributed by atoms with Crippen molar-refractivity contribution in [1.29, 1.82) is 0 Å². The average Bonchev–Trinajstić information content (AvgIpc) is 3.22. The molecule has 0 unspecified atom stereocenters. The number of aromatic nitrogens is 4. The quantitative estimate of drug-likeness (QED) is 0.627. The molecule has 0 aliphatic rings. The summed E-state index contributed by atoms with van der Waals surface area (Å²) in [4.78, 5) is 4.62. The molecule has 5 nitrogen and oxygen atoms in total. The van der Waals surface area contributed by atoms with Gasteiger partial charge in [-0.2, -0.15) is 0 Å². The van der Waals surface area contributed by atoms with Crippen molar-refractivity contribution in [1.82, 2.24) is 19.0 Å². The second-order valence-corrected chi connectivity index (χ2v) is 5.53. The van der Waals surface area contributed by atoms with E-state index in [-0.39, 0.29) is 0 Å². The van der Waals surface area contributed by atoms with Gasteiger partial charge in [0.2, 0.25) is 0 Å². The van der Waals surface area contributed by atoms with Crippen LogP contribution in [0.2, 0.25) is 0 Å². The summed E-state index contributed by atoms with van der Waals surface area (Å²) >= 11 is 1.36. The number of rotatable bonds is 4. The van der Waals surface area contributed by atoms with E-state index in [0.29, 0.717) is 6.54 Å². The maximum atomic E-state index is 4.62. The van der Waals surface area contributed by atoms with E-state index >= 15 is 0 Å². The van der Waals surface area contributed by atoms with Gasteiger partial charge in [-0.3, -0.25) is 0 Å². The minimum absolute atomic E-state index is 0.685. The first kappa shape index (κ1) is 13.0. The molecule has 22 heavy (non-hydrogen) atoms. The van der Waals surface area contributed by atoms with Crippen LogP contribution < -0.4 is 5.32 Å². The lowest BCUT2D eigenvalue weighted by molar-refractivity contribution is 0.999. The van der Waals surface area contributed by atoms with Crippen LogP contribution in [-0.2, 0) is 6.54 Å². The Hall–Kier alpha value is -2.73. The maximum Gasteiger partial charge on any atom is 0.137 e. The van der Waals surface area contributed by atoms with Crippen molar-refractivity contribution in [2.75, 3.05) is 5.32 Å². The monoisotopic (exact) mass is 307 g/mol. The third-order valence-corrected chi connectivity index (χ3v) is 3.98. The Morgan fingerprint density at radius 1 is 1.09 bits per heavy atom. The fourth-order valence-corrected chi connectivity index (χ4v) is 2.74. The van der Waals surface area contributed by atoms with Crippen molar-refractivity contribution in [3.8, 4) is 11.3 Å². The van der Waals surface area contributed by atoms with E-state index in [1.54, 1.807) is 0 Å². The van der Waals surface area contributed by atoms with Crippen LogP contribution >= 0.6 is 11.5 Å². The second-order valence-electron chi connectivity index (χ2n) is 4.92. The van der Waals surface area contributed by atoms with E-state index in [1.165, 1.54) is 11.5 Å². The fraction of sp³-hybridized carbons (Fsp3) is 0.0625. The standard InChI is InChI=1S/C16H13N5S/c1-2-8-21-10-15(18-16(21)3-1)12-4-6-13(7-5-12)17-9-14-11-22-20-19-14/h1-8,10-11,17H,9H2. The van der Waals surface area contributed by atoms with Gasteiger partial charge in [0.25, 0.3) is 0 Å². The van der Waals surface area contributed by atoms with Gasteiger partial charge in [-0.25, -0.2) is 4.98 Å². The molecule has 0 fully saturated rings. The molecule has 4 aromatic rings. The molecule has 0 saturated carbocycles. The van der Waals surface area contributed by atoms with Crippen LogP contribution in [0.15, 0.2) is 60.2 Å². The predicted molar refractivity (Wildman–Crippen MR) is 87.9 cm³/mol. The Labute approximate surface area is 131 Å². The van der Waals surface area contributed by atoms with Crippen LogP contribution in [0.4, 0.5) is 5.69 Å². The average molecular weight is 307 g/mol. The fourth-order valence-electron chi connectivity index (χ4n) is 2.29. The summed E-state index contributed by atoms with van der Waals surface area (Å²) in [5.74, 6) is 0. The summed E-state index contributed by atoms with van der Waals surface area (Å²) in [6.07, 6.45) is 4.04. The molecule has 6 heteroatoms. The predicted octanol–water partition coefficient (Wildman–Crippen LogP) is 3.46. The molecule has 0 radical (unpaired) electrons. The van der Waals surface area contributed by atoms with Crippen LogP contribution in [0.25, 0.3) is 16.9 Å². The zero-order chi connectivity index (χ0) is 14.8. The number of hydrogen-bond donors (Lipinski definition) is 1. The lowest BCUT2D eigenvalue weighted by Gasteiger charge is -2.04. The van der Waals surface area contributed by atoms with Crippen molar-refractivity contribution in [2.45, 2.75) is 6.54 Å². The van der Waals surface area contributed by atoms with Gasteiger partial charge in [-0.05, 0) is 35.8 Å². The largest absolute Gasteiger partial charge is 0.379 e. The normalized spacial score (nSPS) is 10.9. The minimum Gasteiger partial charge on any atom is -0.379 e. The Bertz CT molecular complexity index is 847. The number of nitrogens with one attached hydrogen (secondary N) is 1. The van der Waals surface area contributed by atoms with Crippen molar-refractivity contribution in [3.63, 3.8) is 0 Å². The van der Waals surface area contributed by atoms with E-state index in [4.69, 9.17) is 0 Å². The molecular formula is C16H13N5S. The molecule has 3 aromatic heterocycles. The summed E-state index contributed by atoms with van der Waals surface area (Å²) in [6, 6.07) is 14.2. The summed E-state index contributed by atoms with van der Waals surface area (Å²) < 4.78 is 5.87. The first-order valence-corrected chi connectivity index (χ1v) is 7.76. The van der Waals surface area contributed by atoms with Crippen molar-refractivity contribution < 1.29 is 0 Å². The molecule has 4 rings (SSSR count). The Kier molecular flexibility index (Phi) is 3.29. The highest BCUT2D eigenvalue weighted by molar-refractivity contribution is 7.03. The molecule has 0 aliphatic carbocycles. The van der Waals surface area contributed by atoms with Crippen molar-refractivity contribution in [3.05, 3.63) is 65.9 Å². The summed E-state index contributed by atoms with van der Waals surface area (Å²) in [5, 5.41) is 9.29. The number of imidazole rings is 1. The molecule has 3 heterocycles. The number of fused-ring (bicyclic) bond motifs is 1. The SMILES string of the molecule is c1ccn2cc(-c3ccc(NCc4csnn4)cc3)nc2c1. The second kappa shape index (κ2) is 5.57. The molecular weight excluding hydrogens is 294 g/mol. The number of nitrogens with zero attached hydrogens (tertiary/aromatic N) is 4. The van der Waals surface area contributed by atoms with Gasteiger partial charge in [0.05, 0.1) is 17.9 Å². The molecule has 0 atom stereocenters. The molecule has 0 saturated heterocycles. The molecule has 0 aliphatic heterocycles. The highest BCUT2D eigenvalue weighted by Gasteiger charge is 2.04. The van der Waals surface area contributed by atoms with Crippen LogP contribution in [0.1, 0.15) is 5.69 Å². The molecule has 0 bridgehead atoms. The lowest BCUT2D eigenvalue weighted by atomic mass is 10.1. The molecule has 1 aromatic carbocycles. The zero-order valence-corrected chi connectivity index (χ0v) is 12.5. The third-order valence-electron chi connectivity index (χ3n) is 3.42. The topological polar surface area (TPSA) is 55.1 Å². The highest BCUT2D eigenvalue weighted by Crippen LogP contribution is 2.21.